The second kappa shape index (κ2) is 11.6. The number of fused-ring (bicyclic) bond motifs is 6. The Kier molecular flexibility index (Phi) is 4.25. The van der Waals surface area contributed by atoms with Crippen molar-refractivity contribution in [3.63, 3.8) is 0 Å². The number of rotatable bonds is 5. The van der Waals surface area contributed by atoms with Crippen LogP contribution in [0.25, 0.3) is 65.3 Å². The Hall–Kier alpha value is -6.18. The Labute approximate surface area is 299 Å². The van der Waals surface area contributed by atoms with Crippen molar-refractivity contribution in [1.29, 1.82) is 0 Å². The highest BCUT2D eigenvalue weighted by Gasteiger charge is 2.20. The van der Waals surface area contributed by atoms with Crippen LogP contribution in [0.5, 0.6) is 0 Å². The van der Waals surface area contributed by atoms with Gasteiger partial charge in [0.25, 0.3) is 0 Å². The first-order chi connectivity index (χ1) is 29.1. The lowest BCUT2D eigenvalue weighted by molar-refractivity contribution is 1.32. The van der Waals surface area contributed by atoms with Crippen LogP contribution in [0.4, 0.5) is 17.1 Å². The standard InChI is InChI=1S/C47H33N/c1-32-19-28-44-45(29-32)41-16-8-6-14-38(41)31-47(44)48(46-30-37-13-5-7-15-40(37)42-17-9-10-18-43(42)46)39-26-24-36(25-27-39)35-22-20-34(21-23-35)33-11-3-2-4-12-33/h2-31H,1H3/i2D,3D,4D,11D,12D,20D,21D,22D,23D,24D,25D,26D,27D. The van der Waals surface area contributed by atoms with E-state index in [0.717, 1.165) is 48.7 Å². The predicted octanol–water partition coefficient (Wildman–Crippen LogP) is 13.4. The van der Waals surface area contributed by atoms with E-state index in [2.05, 4.69) is 6.07 Å². The van der Waals surface area contributed by atoms with E-state index >= 15 is 0 Å². The Morgan fingerprint density at radius 3 is 1.46 bits per heavy atom. The van der Waals surface area contributed by atoms with Gasteiger partial charge in [-0.15, -0.1) is 0 Å². The maximum absolute atomic E-state index is 9.72. The van der Waals surface area contributed by atoms with Gasteiger partial charge in [0.15, 0.2) is 0 Å². The highest BCUT2D eigenvalue weighted by atomic mass is 15.1. The van der Waals surface area contributed by atoms with E-state index in [-0.39, 0.29) is 5.69 Å². The summed E-state index contributed by atoms with van der Waals surface area (Å²) < 4.78 is 116. The number of anilines is 3. The summed E-state index contributed by atoms with van der Waals surface area (Å²) in [6.07, 6.45) is 0. The summed E-state index contributed by atoms with van der Waals surface area (Å²) in [4.78, 5) is 1.75. The van der Waals surface area contributed by atoms with E-state index in [9.17, 15) is 5.48 Å². The molecule has 0 unspecified atom stereocenters. The molecule has 0 saturated heterocycles. The topological polar surface area (TPSA) is 3.24 Å². The van der Waals surface area contributed by atoms with Gasteiger partial charge in [-0.2, -0.15) is 0 Å². The molecule has 1 heteroatoms. The van der Waals surface area contributed by atoms with Crippen LogP contribution >= 0.6 is 0 Å². The predicted molar refractivity (Wildman–Crippen MR) is 207 cm³/mol. The lowest BCUT2D eigenvalue weighted by Crippen LogP contribution is -2.11. The summed E-state index contributed by atoms with van der Waals surface area (Å²) >= 11 is 0. The molecule has 0 aromatic heterocycles. The van der Waals surface area contributed by atoms with Crippen molar-refractivity contribution in [3.8, 4) is 22.3 Å². The molecular weight excluding hydrogens is 579 g/mol. The molecule has 1 nitrogen and oxygen atoms in total. The molecule has 0 N–H and O–H groups in total. The Morgan fingerprint density at radius 1 is 0.396 bits per heavy atom. The molecule has 9 aromatic carbocycles. The minimum atomic E-state index is -0.766. The molecule has 0 spiro atoms. The number of hydrogen-bond acceptors (Lipinski definition) is 1. The highest BCUT2D eigenvalue weighted by Crippen LogP contribution is 2.46. The average Bonchev–Trinajstić information content (AvgIpc) is 3.27. The fourth-order valence-corrected chi connectivity index (χ4v) is 6.45. The summed E-state index contributed by atoms with van der Waals surface area (Å²) in [6, 6.07) is 24.6. The Balaban J connectivity index is 1.38. The van der Waals surface area contributed by atoms with Crippen molar-refractivity contribution in [2.24, 2.45) is 0 Å². The fraction of sp³-hybridized carbons (Fsp3) is 0.0213. The van der Waals surface area contributed by atoms with Crippen LogP contribution in [0, 0.1) is 6.92 Å². The number of aryl methyl sites for hydroxylation is 1. The van der Waals surface area contributed by atoms with Gasteiger partial charge in [-0.05, 0) is 85.7 Å². The van der Waals surface area contributed by atoms with Gasteiger partial charge >= 0.3 is 0 Å². The molecule has 0 fully saturated rings. The minimum absolute atomic E-state index is 0.109. The van der Waals surface area contributed by atoms with Gasteiger partial charge in [0.1, 0.15) is 0 Å². The van der Waals surface area contributed by atoms with E-state index < -0.39 is 101 Å². The van der Waals surface area contributed by atoms with Gasteiger partial charge in [0.05, 0.1) is 29.2 Å². The molecule has 9 rings (SSSR count). The summed E-state index contributed by atoms with van der Waals surface area (Å²) in [5.74, 6) is 0. The quantitative estimate of drug-likeness (QED) is 0.172. The van der Waals surface area contributed by atoms with Gasteiger partial charge in [0.2, 0.25) is 0 Å². The fourth-order valence-electron chi connectivity index (χ4n) is 6.45. The van der Waals surface area contributed by atoms with Crippen molar-refractivity contribution in [2.75, 3.05) is 4.90 Å². The van der Waals surface area contributed by atoms with Crippen molar-refractivity contribution in [2.45, 2.75) is 6.92 Å². The van der Waals surface area contributed by atoms with Crippen molar-refractivity contribution < 1.29 is 17.8 Å². The molecule has 0 radical (unpaired) electrons. The molecule has 0 aliphatic rings. The zero-order valence-electron chi connectivity index (χ0n) is 38.8. The Bertz CT molecular complexity index is 3290. The van der Waals surface area contributed by atoms with E-state index in [1.54, 1.807) is 4.90 Å². The van der Waals surface area contributed by atoms with Gasteiger partial charge in [-0.3, -0.25) is 0 Å². The van der Waals surface area contributed by atoms with Crippen LogP contribution in [0.1, 0.15) is 23.4 Å². The second-order valence-corrected chi connectivity index (χ2v) is 11.6. The molecule has 9 aromatic rings. The lowest BCUT2D eigenvalue weighted by Gasteiger charge is -2.29. The summed E-state index contributed by atoms with van der Waals surface area (Å²) in [5, 5.41) is 7.08. The maximum atomic E-state index is 9.72. The molecule has 0 saturated carbocycles. The summed E-state index contributed by atoms with van der Waals surface area (Å²) in [7, 11) is 0. The third-order valence-electron chi connectivity index (χ3n) is 8.68. The molecule has 226 valence electrons. The average molecular weight is 625 g/mol. The lowest BCUT2D eigenvalue weighted by atomic mass is 9.95. The highest BCUT2D eigenvalue weighted by molar-refractivity contribution is 6.18. The first-order valence-electron chi connectivity index (χ1n) is 22.0. The van der Waals surface area contributed by atoms with Crippen LogP contribution in [0.3, 0.4) is 0 Å². The SMILES string of the molecule is [2H]c1c([2H])c([2H])c(-c2c([2H])c([2H])c(-c3c([2H])c([2H])c(N(c4cc5ccccc5c5ccccc45)c4cc5ccccc5c5cc(C)ccc45)c([2H])c3[2H])c([2H])c2[2H])c([2H])c1[2H]. The number of hydrogen-bond donors (Lipinski definition) is 0. The van der Waals surface area contributed by atoms with Crippen molar-refractivity contribution in [1.82, 2.24) is 0 Å². The van der Waals surface area contributed by atoms with E-state index in [1.807, 2.05) is 104 Å². The number of benzene rings is 9. The molecule has 0 aliphatic carbocycles. The largest absolute Gasteiger partial charge is 0.309 e. The van der Waals surface area contributed by atoms with Gasteiger partial charge in [-0.1, -0.05) is 163 Å². The van der Waals surface area contributed by atoms with Crippen molar-refractivity contribution >= 4 is 60.2 Å². The van der Waals surface area contributed by atoms with Crippen LogP contribution in [0.2, 0.25) is 0 Å². The summed E-state index contributed by atoms with van der Waals surface area (Å²) in [6.45, 7) is 2.00. The maximum Gasteiger partial charge on any atom is 0.0645 e. The normalized spacial score (nSPS) is 15.2. The van der Waals surface area contributed by atoms with E-state index in [1.165, 1.54) is 0 Å². The molecule has 0 amide bonds. The van der Waals surface area contributed by atoms with Crippen LogP contribution in [-0.2, 0) is 0 Å². The first-order valence-corrected chi connectivity index (χ1v) is 15.5. The molecule has 0 atom stereocenters. The van der Waals surface area contributed by atoms with Gasteiger partial charge in [-0.25, -0.2) is 0 Å². The van der Waals surface area contributed by atoms with Crippen LogP contribution in [-0.4, -0.2) is 0 Å². The van der Waals surface area contributed by atoms with Crippen LogP contribution in [0.15, 0.2) is 182 Å². The Morgan fingerprint density at radius 2 is 0.854 bits per heavy atom. The summed E-state index contributed by atoms with van der Waals surface area (Å²) in [5.41, 5.74) is -0.0151. The second-order valence-electron chi connectivity index (χ2n) is 11.6. The molecule has 0 heterocycles. The molecular formula is C47H33N. The van der Waals surface area contributed by atoms with Gasteiger partial charge in [0, 0.05) is 16.5 Å². The van der Waals surface area contributed by atoms with Crippen LogP contribution < -0.4 is 4.90 Å². The zero-order valence-corrected chi connectivity index (χ0v) is 25.8. The van der Waals surface area contributed by atoms with E-state index in [0.29, 0.717) is 11.4 Å². The van der Waals surface area contributed by atoms with Gasteiger partial charge < -0.3 is 4.90 Å². The number of nitrogens with zero attached hydrogens (tertiary/aromatic N) is 1. The van der Waals surface area contributed by atoms with E-state index in [4.69, 9.17) is 12.3 Å². The molecule has 48 heavy (non-hydrogen) atoms. The smallest absolute Gasteiger partial charge is 0.0645 e. The zero-order chi connectivity index (χ0) is 43.3. The van der Waals surface area contributed by atoms with Crippen molar-refractivity contribution in [3.05, 3.63) is 187 Å². The molecule has 0 aliphatic heterocycles. The third kappa shape index (κ3) is 4.80. The molecule has 0 bridgehead atoms. The first kappa shape index (κ1) is 17.7. The minimum Gasteiger partial charge on any atom is -0.309 e. The monoisotopic (exact) mass is 624 g/mol. The third-order valence-corrected chi connectivity index (χ3v) is 8.68.